The lowest BCUT2D eigenvalue weighted by molar-refractivity contribution is -0.165. The van der Waals surface area contributed by atoms with E-state index in [1.807, 2.05) is 0 Å². The van der Waals surface area contributed by atoms with Gasteiger partial charge in [0.15, 0.2) is 0 Å². The molecule has 0 aliphatic heterocycles. The summed E-state index contributed by atoms with van der Waals surface area (Å²) in [6, 6.07) is 0. The molecule has 0 rings (SSSR count). The number of ether oxygens (including phenoxy) is 2. The molecule has 0 heterocycles. The second-order valence-corrected chi connectivity index (χ2v) is 8.38. The molecule has 6 heteroatoms. The van der Waals surface area contributed by atoms with E-state index in [0.717, 1.165) is 6.42 Å². The molecule has 0 fully saturated rings. The van der Waals surface area contributed by atoms with Crippen LogP contribution in [0.5, 0.6) is 0 Å². The highest BCUT2D eigenvalue weighted by Crippen LogP contribution is 2.43. The van der Waals surface area contributed by atoms with Gasteiger partial charge in [0.05, 0.1) is 5.41 Å². The van der Waals surface area contributed by atoms with Crippen LogP contribution in [-0.4, -0.2) is 41.9 Å². The fraction of sp³-hybridized carbons (Fsp3) is 0.789. The topological polar surface area (TPSA) is 98.9 Å². The second kappa shape index (κ2) is 8.81. The molecule has 0 bridgehead atoms. The Hall–Kier alpha value is -1.40. The predicted octanol–water partition coefficient (Wildman–Crippen LogP) is 2.58. The Morgan fingerprint density at radius 1 is 1.12 bits per heavy atom. The summed E-state index contributed by atoms with van der Waals surface area (Å²) in [5, 5.41) is 9.86. The van der Waals surface area contributed by atoms with Gasteiger partial charge in [0.2, 0.25) is 0 Å². The highest BCUT2D eigenvalue weighted by atomic mass is 16.6. The van der Waals surface area contributed by atoms with Gasteiger partial charge in [0.25, 0.3) is 0 Å². The zero-order chi connectivity index (χ0) is 20.1. The molecular weight excluding hydrogens is 322 g/mol. The quantitative estimate of drug-likeness (QED) is 0.460. The molecule has 25 heavy (non-hydrogen) atoms. The van der Waals surface area contributed by atoms with E-state index in [9.17, 15) is 14.7 Å². The zero-order valence-corrected chi connectivity index (χ0v) is 16.8. The van der Waals surface area contributed by atoms with Crippen molar-refractivity contribution < 1.29 is 24.2 Å². The van der Waals surface area contributed by atoms with E-state index in [0.29, 0.717) is 6.42 Å². The van der Waals surface area contributed by atoms with Crippen LogP contribution in [0.25, 0.3) is 0 Å². The number of carbonyl (C=O) groups is 2. The first kappa shape index (κ1) is 23.6. The number of aliphatic hydroxyl groups excluding tert-OH is 1. The Morgan fingerprint density at radius 2 is 1.60 bits per heavy atom. The zero-order valence-electron chi connectivity index (χ0n) is 16.8. The molecule has 2 unspecified atom stereocenters. The normalized spacial score (nSPS) is 15.9. The molecule has 0 aliphatic rings. The second-order valence-electron chi connectivity index (χ2n) is 8.38. The number of hydrogen-bond donors (Lipinski definition) is 2. The average Bonchev–Trinajstić information content (AvgIpc) is 2.48. The van der Waals surface area contributed by atoms with Crippen LogP contribution in [0, 0.1) is 10.8 Å². The molecule has 0 aromatic heterocycles. The summed E-state index contributed by atoms with van der Waals surface area (Å²) >= 11 is 0. The molecule has 0 saturated heterocycles. The van der Waals surface area contributed by atoms with Crippen molar-refractivity contribution in [3.63, 3.8) is 0 Å². The van der Waals surface area contributed by atoms with Crippen LogP contribution in [0.1, 0.15) is 61.3 Å². The minimum atomic E-state index is -1.10. The highest BCUT2D eigenvalue weighted by molar-refractivity contribution is 5.86. The number of nitrogens with two attached hydrogens (primary N) is 1. The smallest absolute Gasteiger partial charge is 0.333 e. The van der Waals surface area contributed by atoms with Gasteiger partial charge in [-0.1, -0.05) is 33.8 Å². The third-order valence-corrected chi connectivity index (χ3v) is 4.82. The van der Waals surface area contributed by atoms with Crippen molar-refractivity contribution in [3.05, 3.63) is 12.2 Å². The standard InChI is InChI=1S/C19H35NO5/c1-9-17(4,5)12-19(8,18(6,7)20)16(23)25-11-14(21)10-24-15(22)13(2)3/h14,21H,2,9-12,20H2,1,3-8H3. The number of carbonyl (C=O) groups excluding carboxylic acids is 2. The fourth-order valence-electron chi connectivity index (χ4n) is 2.32. The van der Waals surface area contributed by atoms with Gasteiger partial charge in [-0.25, -0.2) is 4.79 Å². The highest BCUT2D eigenvalue weighted by Gasteiger charge is 2.49. The van der Waals surface area contributed by atoms with Crippen LogP contribution in [0.15, 0.2) is 12.2 Å². The Labute approximate surface area is 151 Å². The molecule has 146 valence electrons. The summed E-state index contributed by atoms with van der Waals surface area (Å²) in [5.41, 5.74) is 4.71. The first-order chi connectivity index (χ1) is 11.2. The monoisotopic (exact) mass is 357 g/mol. The van der Waals surface area contributed by atoms with Crippen LogP contribution in [0.3, 0.4) is 0 Å². The van der Waals surface area contributed by atoms with E-state index in [-0.39, 0.29) is 24.2 Å². The first-order valence-electron chi connectivity index (χ1n) is 8.63. The van der Waals surface area contributed by atoms with Gasteiger partial charge >= 0.3 is 11.9 Å². The maximum Gasteiger partial charge on any atom is 0.333 e. The molecule has 0 spiro atoms. The van der Waals surface area contributed by atoms with Gasteiger partial charge in [-0.15, -0.1) is 0 Å². The van der Waals surface area contributed by atoms with Crippen molar-refractivity contribution >= 4 is 11.9 Å². The summed E-state index contributed by atoms with van der Waals surface area (Å²) in [6.45, 7) is 16.0. The first-order valence-corrected chi connectivity index (χ1v) is 8.63. The van der Waals surface area contributed by atoms with E-state index in [4.69, 9.17) is 15.2 Å². The molecule has 2 atom stereocenters. The van der Waals surface area contributed by atoms with E-state index in [1.165, 1.54) is 6.92 Å². The molecule has 0 saturated carbocycles. The maximum absolute atomic E-state index is 12.7. The van der Waals surface area contributed by atoms with Crippen LogP contribution >= 0.6 is 0 Å². The minimum Gasteiger partial charge on any atom is -0.462 e. The molecule has 3 N–H and O–H groups in total. The Kier molecular flexibility index (Phi) is 8.31. The molecule has 0 radical (unpaired) electrons. The van der Waals surface area contributed by atoms with Gasteiger partial charge < -0.3 is 20.3 Å². The average molecular weight is 357 g/mol. The molecule has 6 nitrogen and oxygen atoms in total. The van der Waals surface area contributed by atoms with Crippen molar-refractivity contribution in [2.24, 2.45) is 16.6 Å². The Morgan fingerprint density at radius 3 is 2.00 bits per heavy atom. The SMILES string of the molecule is C=C(C)C(=O)OCC(O)COC(=O)C(C)(CC(C)(C)CC)C(C)(C)N. The largest absolute Gasteiger partial charge is 0.462 e. The van der Waals surface area contributed by atoms with Crippen molar-refractivity contribution in [1.29, 1.82) is 0 Å². The Balaban J connectivity index is 4.90. The fourth-order valence-corrected chi connectivity index (χ4v) is 2.32. The third-order valence-electron chi connectivity index (χ3n) is 4.82. The van der Waals surface area contributed by atoms with Crippen LogP contribution in [0.4, 0.5) is 0 Å². The summed E-state index contributed by atoms with van der Waals surface area (Å²) in [4.78, 5) is 24.0. The van der Waals surface area contributed by atoms with Crippen molar-refractivity contribution in [2.45, 2.75) is 73.0 Å². The summed E-state index contributed by atoms with van der Waals surface area (Å²) in [5.74, 6) is -1.06. The summed E-state index contributed by atoms with van der Waals surface area (Å²) < 4.78 is 10.1. The number of aliphatic hydroxyl groups is 1. The Bertz CT molecular complexity index is 493. The maximum atomic E-state index is 12.7. The lowest BCUT2D eigenvalue weighted by atomic mass is 9.64. The van der Waals surface area contributed by atoms with Crippen LogP contribution in [-0.2, 0) is 19.1 Å². The van der Waals surface area contributed by atoms with Gasteiger partial charge in [0.1, 0.15) is 19.3 Å². The van der Waals surface area contributed by atoms with Crippen molar-refractivity contribution in [3.8, 4) is 0 Å². The van der Waals surface area contributed by atoms with Gasteiger partial charge in [0, 0.05) is 11.1 Å². The predicted molar refractivity (Wildman–Crippen MR) is 97.8 cm³/mol. The van der Waals surface area contributed by atoms with Gasteiger partial charge in [-0.05, 0) is 39.5 Å². The van der Waals surface area contributed by atoms with E-state index >= 15 is 0 Å². The lowest BCUT2D eigenvalue weighted by Gasteiger charge is -2.44. The third kappa shape index (κ3) is 7.16. The molecule has 0 aromatic rings. The van der Waals surface area contributed by atoms with E-state index < -0.39 is 29.0 Å². The summed E-state index contributed by atoms with van der Waals surface area (Å²) in [6.07, 6.45) is 0.349. The van der Waals surface area contributed by atoms with E-state index in [1.54, 1.807) is 20.8 Å². The molecular formula is C19H35NO5. The minimum absolute atomic E-state index is 0.0833. The van der Waals surface area contributed by atoms with Gasteiger partial charge in [-0.3, -0.25) is 4.79 Å². The number of esters is 2. The molecule has 0 aliphatic carbocycles. The molecule has 0 amide bonds. The molecule has 0 aromatic carbocycles. The van der Waals surface area contributed by atoms with Crippen LogP contribution in [0.2, 0.25) is 0 Å². The lowest BCUT2D eigenvalue weighted by Crippen LogP contribution is -2.56. The van der Waals surface area contributed by atoms with Crippen molar-refractivity contribution in [1.82, 2.24) is 0 Å². The van der Waals surface area contributed by atoms with Crippen molar-refractivity contribution in [2.75, 3.05) is 13.2 Å². The van der Waals surface area contributed by atoms with Crippen LogP contribution < -0.4 is 5.73 Å². The van der Waals surface area contributed by atoms with Gasteiger partial charge in [-0.2, -0.15) is 0 Å². The number of rotatable bonds is 10. The summed E-state index contributed by atoms with van der Waals surface area (Å²) in [7, 11) is 0. The number of hydrogen-bond acceptors (Lipinski definition) is 6. The van der Waals surface area contributed by atoms with E-state index in [2.05, 4.69) is 27.4 Å².